The van der Waals surface area contributed by atoms with Crippen LogP contribution in [0.5, 0.6) is 5.75 Å². The van der Waals surface area contributed by atoms with Gasteiger partial charge < -0.3 is 26.2 Å². The predicted molar refractivity (Wildman–Crippen MR) is 148 cm³/mol. The average Bonchev–Trinajstić information content (AvgIpc) is 2.80. The van der Waals surface area contributed by atoms with Crippen LogP contribution in [0.4, 0.5) is 0 Å². The second-order valence-corrected chi connectivity index (χ2v) is 9.25. The van der Waals surface area contributed by atoms with E-state index in [1.165, 1.54) is 0 Å². The van der Waals surface area contributed by atoms with Crippen LogP contribution in [0.25, 0.3) is 0 Å². The fourth-order valence-electron chi connectivity index (χ4n) is 3.33. The van der Waals surface area contributed by atoms with Crippen LogP contribution in [-0.4, -0.2) is 49.0 Å². The Kier molecular flexibility index (Phi) is 18.2. The first kappa shape index (κ1) is 32.7. The second-order valence-electron chi connectivity index (χ2n) is 8.43. The van der Waals surface area contributed by atoms with E-state index in [1.807, 2.05) is 52.1 Å². The molecule has 0 aliphatic heterocycles. The summed E-state index contributed by atoms with van der Waals surface area (Å²) in [5.41, 5.74) is 3.35. The maximum atomic E-state index is 8.99. The molecule has 0 bridgehead atoms. The zero-order chi connectivity index (χ0) is 26.1. The van der Waals surface area contributed by atoms with Gasteiger partial charge in [-0.15, -0.1) is 0 Å². The average molecular weight is 515 g/mol. The number of halogens is 2. The van der Waals surface area contributed by atoms with Gasteiger partial charge >= 0.3 is 0 Å². The molecule has 0 spiro atoms. The van der Waals surface area contributed by atoms with Gasteiger partial charge in [0, 0.05) is 24.7 Å². The standard InChI is InChI=1S/C11H16Cl2N2.C8H19NO.C8H10O/c1-3-15-7-11(14-2)8-4-5-9(12)10(13)6-8;1-4-8(5-2)9-7(3)6-10;1-6-3-7(2)5-8(9)4-6/h4-6,11,14-15H,3,7H2,1-2H3;7-10H,4-6H2,1-3H3;3-5,9H,1-2H3. The van der Waals surface area contributed by atoms with Crippen molar-refractivity contribution in [2.45, 2.75) is 72.5 Å². The fraction of sp³-hybridized carbons (Fsp3) is 0.556. The summed E-state index contributed by atoms with van der Waals surface area (Å²) >= 11 is 11.8. The van der Waals surface area contributed by atoms with Crippen molar-refractivity contribution in [3.8, 4) is 5.75 Å². The summed E-state index contributed by atoms with van der Waals surface area (Å²) in [5.74, 6) is 0.354. The molecule has 7 heteroatoms. The highest BCUT2D eigenvalue weighted by Gasteiger charge is 2.09. The Bertz CT molecular complexity index is 751. The summed E-state index contributed by atoms with van der Waals surface area (Å²) in [6.07, 6.45) is 2.28. The zero-order valence-electron chi connectivity index (χ0n) is 21.9. The minimum Gasteiger partial charge on any atom is -0.508 e. The Labute approximate surface area is 217 Å². The van der Waals surface area contributed by atoms with Crippen molar-refractivity contribution in [3.63, 3.8) is 0 Å². The van der Waals surface area contributed by atoms with E-state index in [0.717, 1.165) is 42.6 Å². The van der Waals surface area contributed by atoms with Gasteiger partial charge in [-0.1, -0.05) is 56.1 Å². The number of hydrogen-bond acceptors (Lipinski definition) is 5. The molecule has 0 fully saturated rings. The Morgan fingerprint density at radius 3 is 1.91 bits per heavy atom. The van der Waals surface area contributed by atoms with Crippen molar-refractivity contribution in [3.05, 3.63) is 63.1 Å². The first-order valence-electron chi connectivity index (χ1n) is 12.1. The highest BCUT2D eigenvalue weighted by atomic mass is 35.5. The smallest absolute Gasteiger partial charge is 0.116 e. The molecule has 2 unspecified atom stereocenters. The molecule has 5 nitrogen and oxygen atoms in total. The van der Waals surface area contributed by atoms with Crippen LogP contribution in [0.15, 0.2) is 36.4 Å². The Balaban J connectivity index is 0.000000503. The van der Waals surface area contributed by atoms with Gasteiger partial charge in [-0.3, -0.25) is 0 Å². The van der Waals surface area contributed by atoms with E-state index in [9.17, 15) is 0 Å². The molecule has 0 aliphatic carbocycles. The van der Waals surface area contributed by atoms with Crippen LogP contribution in [0, 0.1) is 13.8 Å². The van der Waals surface area contributed by atoms with Gasteiger partial charge in [0.1, 0.15) is 5.75 Å². The van der Waals surface area contributed by atoms with Crippen LogP contribution in [0.1, 0.15) is 63.3 Å². The lowest BCUT2D eigenvalue weighted by Crippen LogP contribution is -2.37. The van der Waals surface area contributed by atoms with Crippen LogP contribution >= 0.6 is 23.2 Å². The fourth-order valence-corrected chi connectivity index (χ4v) is 3.64. The molecular formula is C27H45Cl2N3O2. The van der Waals surface area contributed by atoms with E-state index in [0.29, 0.717) is 21.8 Å². The summed E-state index contributed by atoms with van der Waals surface area (Å²) in [4.78, 5) is 0. The molecule has 2 atom stereocenters. The predicted octanol–water partition coefficient (Wildman–Crippen LogP) is 6.02. The molecule has 0 heterocycles. The summed E-state index contributed by atoms with van der Waals surface area (Å²) in [6, 6.07) is 12.3. The van der Waals surface area contributed by atoms with E-state index in [-0.39, 0.29) is 18.7 Å². The molecule has 5 N–H and O–H groups in total. The second kappa shape index (κ2) is 18.9. The molecule has 0 saturated heterocycles. The third-order valence-electron chi connectivity index (χ3n) is 5.28. The SMILES string of the molecule is CCC(CC)NC(C)CO.CCNCC(NC)c1ccc(Cl)c(Cl)c1.Cc1cc(C)cc(O)c1. The number of nitrogens with one attached hydrogen (secondary N) is 3. The molecule has 0 aliphatic rings. The summed E-state index contributed by atoms with van der Waals surface area (Å²) in [5, 5.41) is 28.7. The molecular weight excluding hydrogens is 469 g/mol. The van der Waals surface area contributed by atoms with Crippen molar-refractivity contribution >= 4 is 23.2 Å². The van der Waals surface area contributed by atoms with Crippen molar-refractivity contribution < 1.29 is 10.2 Å². The Morgan fingerprint density at radius 2 is 1.50 bits per heavy atom. The quantitative estimate of drug-likeness (QED) is 0.268. The number of phenolic OH excluding ortho intramolecular Hbond substituents is 1. The van der Waals surface area contributed by atoms with Crippen LogP contribution in [-0.2, 0) is 0 Å². The van der Waals surface area contributed by atoms with Crippen LogP contribution in [0.2, 0.25) is 10.0 Å². The third-order valence-corrected chi connectivity index (χ3v) is 6.02. The largest absolute Gasteiger partial charge is 0.508 e. The number of aromatic hydroxyl groups is 1. The normalized spacial score (nSPS) is 12.3. The number of likely N-dealkylation sites (N-methyl/N-ethyl adjacent to an activating group) is 2. The van der Waals surface area contributed by atoms with E-state index < -0.39 is 0 Å². The summed E-state index contributed by atoms with van der Waals surface area (Å²) in [6.45, 7) is 14.4. The molecule has 0 radical (unpaired) electrons. The van der Waals surface area contributed by atoms with E-state index in [4.69, 9.17) is 33.4 Å². The van der Waals surface area contributed by atoms with Gasteiger partial charge in [-0.05, 0) is 88.2 Å². The Hall–Kier alpha value is -1.34. The first-order valence-corrected chi connectivity index (χ1v) is 12.8. The van der Waals surface area contributed by atoms with E-state index >= 15 is 0 Å². The number of phenols is 1. The molecule has 2 aromatic rings. The third kappa shape index (κ3) is 14.1. The van der Waals surface area contributed by atoms with Gasteiger partial charge in [0.05, 0.1) is 16.7 Å². The summed E-state index contributed by atoms with van der Waals surface area (Å²) < 4.78 is 0. The number of aliphatic hydroxyl groups excluding tert-OH is 1. The number of hydrogen-bond donors (Lipinski definition) is 5. The molecule has 2 rings (SSSR count). The summed E-state index contributed by atoms with van der Waals surface area (Å²) in [7, 11) is 1.94. The zero-order valence-corrected chi connectivity index (χ0v) is 23.4. The highest BCUT2D eigenvalue weighted by Crippen LogP contribution is 2.25. The monoisotopic (exact) mass is 513 g/mol. The van der Waals surface area contributed by atoms with Crippen LogP contribution < -0.4 is 16.0 Å². The molecule has 34 heavy (non-hydrogen) atoms. The van der Waals surface area contributed by atoms with Crippen molar-refractivity contribution in [2.24, 2.45) is 0 Å². The number of aryl methyl sites for hydroxylation is 2. The van der Waals surface area contributed by atoms with Gasteiger partial charge in [0.15, 0.2) is 0 Å². The van der Waals surface area contributed by atoms with Gasteiger partial charge in [0.25, 0.3) is 0 Å². The minimum absolute atomic E-state index is 0.233. The van der Waals surface area contributed by atoms with Gasteiger partial charge in [-0.25, -0.2) is 0 Å². The van der Waals surface area contributed by atoms with E-state index in [2.05, 4.69) is 36.7 Å². The van der Waals surface area contributed by atoms with Crippen molar-refractivity contribution in [2.75, 3.05) is 26.7 Å². The maximum absolute atomic E-state index is 8.99. The molecule has 194 valence electrons. The number of aliphatic hydroxyl groups is 1. The van der Waals surface area contributed by atoms with Crippen molar-refractivity contribution in [1.29, 1.82) is 0 Å². The molecule has 0 aromatic heterocycles. The lowest BCUT2D eigenvalue weighted by atomic mass is 10.1. The Morgan fingerprint density at radius 1 is 0.912 bits per heavy atom. The molecule has 0 amide bonds. The number of benzene rings is 2. The van der Waals surface area contributed by atoms with Gasteiger partial charge in [-0.2, -0.15) is 0 Å². The highest BCUT2D eigenvalue weighted by molar-refractivity contribution is 6.42. The van der Waals surface area contributed by atoms with Crippen LogP contribution in [0.3, 0.4) is 0 Å². The number of rotatable bonds is 10. The first-order chi connectivity index (χ1) is 16.1. The lowest BCUT2D eigenvalue weighted by Gasteiger charge is -2.18. The maximum Gasteiger partial charge on any atom is 0.116 e. The van der Waals surface area contributed by atoms with E-state index in [1.54, 1.807) is 12.1 Å². The lowest BCUT2D eigenvalue weighted by molar-refractivity contribution is 0.238. The van der Waals surface area contributed by atoms with Crippen molar-refractivity contribution in [1.82, 2.24) is 16.0 Å². The minimum atomic E-state index is 0.233. The van der Waals surface area contributed by atoms with Gasteiger partial charge in [0.2, 0.25) is 0 Å². The molecule has 2 aromatic carbocycles. The topological polar surface area (TPSA) is 76.5 Å². The molecule has 0 saturated carbocycles.